The molecule has 0 aliphatic heterocycles. The van der Waals surface area contributed by atoms with Crippen LogP contribution in [0.3, 0.4) is 0 Å². The van der Waals surface area contributed by atoms with Gasteiger partial charge in [-0.3, -0.25) is 0 Å². The van der Waals surface area contributed by atoms with E-state index in [1.165, 1.54) is 0 Å². The molecule has 0 radical (unpaired) electrons. The number of halogens is 2. The van der Waals surface area contributed by atoms with E-state index >= 15 is 0 Å². The molecule has 0 fully saturated rings. The first-order valence-electron chi connectivity index (χ1n) is 12.6. The van der Waals surface area contributed by atoms with E-state index in [1.54, 1.807) is 0 Å². The molecular weight excluding hydrogens is 535 g/mol. The zero-order chi connectivity index (χ0) is 26.0. The minimum absolute atomic E-state index is 1.06. The summed E-state index contributed by atoms with van der Waals surface area (Å²) in [7, 11) is -6.10. The van der Waals surface area contributed by atoms with Gasteiger partial charge in [0, 0.05) is 0 Å². The molecule has 4 heteroatoms. The number of hydrogen-bond donors (Lipinski definition) is 0. The summed E-state index contributed by atoms with van der Waals surface area (Å²) in [5.41, 5.74) is 7.41. The number of hydrogen-bond acceptors (Lipinski definition) is 0. The zero-order valence-electron chi connectivity index (χ0n) is 20.6. The summed E-state index contributed by atoms with van der Waals surface area (Å²) < 4.78 is 0. The van der Waals surface area contributed by atoms with Gasteiger partial charge in [-0.25, -0.2) is 0 Å². The Morgan fingerprint density at radius 3 is 1.13 bits per heavy atom. The summed E-state index contributed by atoms with van der Waals surface area (Å²) >= 11 is 15.6. The summed E-state index contributed by atoms with van der Waals surface area (Å²) in [6.45, 7) is 0. The van der Waals surface area contributed by atoms with E-state index in [2.05, 4.69) is 120 Å². The van der Waals surface area contributed by atoms with Gasteiger partial charge in [0.1, 0.15) is 0 Å². The van der Waals surface area contributed by atoms with Crippen molar-refractivity contribution < 1.29 is 0 Å². The number of rotatable bonds is 4. The molecule has 2 atom stereocenters. The lowest BCUT2D eigenvalue weighted by Crippen LogP contribution is -2.56. The van der Waals surface area contributed by atoms with Crippen LogP contribution in [0.5, 0.6) is 0 Å². The number of benzene rings is 6. The topological polar surface area (TPSA) is 0 Å². The van der Waals surface area contributed by atoms with Gasteiger partial charge in [0.15, 0.2) is 0 Å². The highest BCUT2D eigenvalue weighted by atomic mass is 35.6. The molecule has 0 aromatic heterocycles. The van der Waals surface area contributed by atoms with Crippen molar-refractivity contribution in [3.05, 3.63) is 146 Å². The molecule has 6 aromatic carbocycles. The standard InChI is InChI=1S/C34H24Cl2Si2/c35-37(29-17-3-1-4-18-29,33-23-11-15-27-13-7-9-21-31(27)33)25-26-38(36,30-19-5-2-6-20-30)34-24-12-16-28-14-8-10-22-32(28)34/h1-24H. The Bertz CT molecular complexity index is 1670. The average Bonchev–Trinajstić information content (AvgIpc) is 3.00. The van der Waals surface area contributed by atoms with Gasteiger partial charge >= 0.3 is 0 Å². The molecule has 6 rings (SSSR count). The summed E-state index contributed by atoms with van der Waals surface area (Å²) in [5, 5.41) is 8.90. The second-order valence-electron chi connectivity index (χ2n) is 9.35. The van der Waals surface area contributed by atoms with E-state index in [0.29, 0.717) is 0 Å². The third-order valence-electron chi connectivity index (χ3n) is 7.07. The molecule has 0 spiro atoms. The Morgan fingerprint density at radius 1 is 0.368 bits per heavy atom. The van der Waals surface area contributed by atoms with Gasteiger partial charge in [-0.2, -0.15) is 0 Å². The van der Waals surface area contributed by atoms with Crippen LogP contribution in [0.1, 0.15) is 0 Å². The Morgan fingerprint density at radius 2 is 0.711 bits per heavy atom. The molecule has 0 N–H and O–H groups in total. The highest BCUT2D eigenvalue weighted by Crippen LogP contribution is 2.21. The van der Waals surface area contributed by atoms with E-state index in [4.69, 9.17) is 22.2 Å². The fourth-order valence-electron chi connectivity index (χ4n) is 5.15. The molecule has 182 valence electrons. The first-order valence-corrected chi connectivity index (χ1v) is 18.6. The monoisotopic (exact) mass is 558 g/mol. The molecular formula is C34H24Cl2Si2. The van der Waals surface area contributed by atoms with E-state index in [0.717, 1.165) is 42.3 Å². The smallest absolute Gasteiger partial charge is 0.138 e. The SMILES string of the molecule is Cl[Si](C#C[Si](Cl)(c1ccccc1)c1cccc2ccccc12)(c1ccccc1)c1cccc2ccccc12. The minimum Gasteiger partial charge on any atom is -0.138 e. The van der Waals surface area contributed by atoms with Gasteiger partial charge in [-0.1, -0.05) is 146 Å². The summed E-state index contributed by atoms with van der Waals surface area (Å²) in [6, 6.07) is 50.1. The zero-order valence-corrected chi connectivity index (χ0v) is 24.1. The second kappa shape index (κ2) is 10.3. The predicted octanol–water partition coefficient (Wildman–Crippen LogP) is 6.37. The third-order valence-corrected chi connectivity index (χ3v) is 16.0. The van der Waals surface area contributed by atoms with Crippen LogP contribution in [0.4, 0.5) is 0 Å². The first kappa shape index (κ1) is 24.7. The quantitative estimate of drug-likeness (QED) is 0.134. The van der Waals surface area contributed by atoms with Gasteiger partial charge in [0.2, 0.25) is 0 Å². The summed E-state index contributed by atoms with van der Waals surface area (Å²) in [6.07, 6.45) is 0. The van der Waals surface area contributed by atoms with Crippen molar-refractivity contribution in [1.29, 1.82) is 0 Å². The van der Waals surface area contributed by atoms with Crippen molar-refractivity contribution >= 4 is 79.2 Å². The average molecular weight is 560 g/mol. The molecule has 0 aliphatic rings. The maximum absolute atomic E-state index is 7.80. The fourth-order valence-corrected chi connectivity index (χ4v) is 13.5. The maximum atomic E-state index is 7.80. The van der Waals surface area contributed by atoms with Gasteiger partial charge in [0.05, 0.1) is 0 Å². The van der Waals surface area contributed by atoms with E-state index < -0.39 is 14.8 Å². The summed E-state index contributed by atoms with van der Waals surface area (Å²) in [4.78, 5) is 0. The van der Waals surface area contributed by atoms with Crippen molar-refractivity contribution in [2.45, 2.75) is 0 Å². The van der Waals surface area contributed by atoms with Gasteiger partial charge in [-0.05, 0) is 42.3 Å². The van der Waals surface area contributed by atoms with Crippen molar-refractivity contribution in [2.75, 3.05) is 0 Å². The van der Waals surface area contributed by atoms with E-state index in [1.807, 2.05) is 36.4 Å². The molecule has 0 nitrogen and oxygen atoms in total. The Labute approximate surface area is 234 Å². The lowest BCUT2D eigenvalue weighted by molar-refractivity contribution is 1.74. The third kappa shape index (κ3) is 4.38. The Kier molecular flexibility index (Phi) is 6.70. The van der Waals surface area contributed by atoms with Crippen LogP contribution in [0.25, 0.3) is 21.5 Å². The van der Waals surface area contributed by atoms with E-state index in [-0.39, 0.29) is 0 Å². The molecule has 0 aliphatic carbocycles. The van der Waals surface area contributed by atoms with Crippen LogP contribution in [0.2, 0.25) is 0 Å². The van der Waals surface area contributed by atoms with Crippen LogP contribution >= 0.6 is 22.2 Å². The second-order valence-corrected chi connectivity index (χ2v) is 18.1. The molecule has 0 saturated heterocycles. The predicted molar refractivity (Wildman–Crippen MR) is 170 cm³/mol. The molecule has 6 aromatic rings. The summed E-state index contributed by atoms with van der Waals surface area (Å²) in [5.74, 6) is 0. The van der Waals surface area contributed by atoms with Crippen molar-refractivity contribution in [2.24, 2.45) is 0 Å². The van der Waals surface area contributed by atoms with Crippen molar-refractivity contribution in [3.8, 4) is 11.1 Å². The van der Waals surface area contributed by atoms with Crippen LogP contribution in [0, 0.1) is 11.1 Å². The van der Waals surface area contributed by atoms with Gasteiger partial charge < -0.3 is 0 Å². The first-order chi connectivity index (χ1) is 18.6. The van der Waals surface area contributed by atoms with Crippen LogP contribution in [0.15, 0.2) is 146 Å². The van der Waals surface area contributed by atoms with E-state index in [9.17, 15) is 0 Å². The molecule has 38 heavy (non-hydrogen) atoms. The van der Waals surface area contributed by atoms with Crippen molar-refractivity contribution in [3.63, 3.8) is 0 Å². The Hall–Kier alpha value is -3.59. The molecule has 2 unspecified atom stereocenters. The highest BCUT2D eigenvalue weighted by Gasteiger charge is 2.40. The number of fused-ring (bicyclic) bond motifs is 2. The lowest BCUT2D eigenvalue weighted by atomic mass is 10.1. The maximum Gasteiger partial charge on any atom is 0.293 e. The molecule has 0 saturated carbocycles. The largest absolute Gasteiger partial charge is 0.293 e. The molecule has 0 heterocycles. The van der Waals surface area contributed by atoms with Gasteiger partial charge in [0.25, 0.3) is 14.8 Å². The van der Waals surface area contributed by atoms with Crippen LogP contribution < -0.4 is 20.7 Å². The van der Waals surface area contributed by atoms with Crippen molar-refractivity contribution in [1.82, 2.24) is 0 Å². The van der Waals surface area contributed by atoms with Crippen LogP contribution in [-0.2, 0) is 0 Å². The fraction of sp³-hybridized carbons (Fsp3) is 0. The molecule has 0 bridgehead atoms. The highest BCUT2D eigenvalue weighted by molar-refractivity contribution is 7.42. The van der Waals surface area contributed by atoms with Crippen LogP contribution in [-0.4, -0.2) is 14.8 Å². The normalized spacial score (nSPS) is 14.3. The lowest BCUT2D eigenvalue weighted by Gasteiger charge is -2.25. The minimum atomic E-state index is -3.05. The Balaban J connectivity index is 1.65. The molecule has 0 amide bonds. The van der Waals surface area contributed by atoms with Gasteiger partial charge in [-0.15, -0.1) is 33.2 Å².